The van der Waals surface area contributed by atoms with E-state index in [1.54, 1.807) is 0 Å². The van der Waals surface area contributed by atoms with Gasteiger partial charge in [0.05, 0.1) is 17.1 Å². The first-order valence-corrected chi connectivity index (χ1v) is 10.9. The number of nitrogens with one attached hydrogen (secondary N) is 2. The Kier molecular flexibility index (Phi) is 5.50. The van der Waals surface area contributed by atoms with Crippen LogP contribution >= 0.6 is 0 Å². The molecule has 5 heteroatoms. The number of rotatable bonds is 4. The van der Waals surface area contributed by atoms with Crippen molar-refractivity contribution in [1.29, 1.82) is 0 Å². The minimum absolute atomic E-state index is 0.0568. The number of fused-ring (bicyclic) bond motifs is 1. The van der Waals surface area contributed by atoms with Gasteiger partial charge in [-0.2, -0.15) is 0 Å². The molecule has 5 rings (SSSR count). The first-order valence-electron chi connectivity index (χ1n) is 10.9. The van der Waals surface area contributed by atoms with Gasteiger partial charge in [0, 0.05) is 43.7 Å². The molecular weight excluding hydrogens is 384 g/mol. The summed E-state index contributed by atoms with van der Waals surface area (Å²) in [4.78, 5) is 20.7. The summed E-state index contributed by atoms with van der Waals surface area (Å²) in [5.41, 5.74) is 5.91. The highest BCUT2D eigenvalue weighted by atomic mass is 16.2. The number of hydrogen-bond donors (Lipinski definition) is 2. The van der Waals surface area contributed by atoms with Gasteiger partial charge in [0.2, 0.25) is 5.91 Å². The van der Waals surface area contributed by atoms with Crippen molar-refractivity contribution in [2.24, 2.45) is 4.99 Å². The monoisotopic (exact) mass is 410 g/mol. The van der Waals surface area contributed by atoms with Gasteiger partial charge >= 0.3 is 0 Å². The van der Waals surface area contributed by atoms with E-state index in [4.69, 9.17) is 4.99 Å². The van der Waals surface area contributed by atoms with Crippen molar-refractivity contribution in [2.45, 2.75) is 12.5 Å². The average Bonchev–Trinajstić information content (AvgIpc) is 2.97. The summed E-state index contributed by atoms with van der Waals surface area (Å²) in [6.07, 6.45) is 0.569. The van der Waals surface area contributed by atoms with Gasteiger partial charge < -0.3 is 15.5 Å². The van der Waals surface area contributed by atoms with Crippen molar-refractivity contribution in [3.05, 3.63) is 95.6 Å². The van der Waals surface area contributed by atoms with Gasteiger partial charge in [0.1, 0.15) is 6.04 Å². The zero-order valence-electron chi connectivity index (χ0n) is 17.4. The second-order valence-electron chi connectivity index (χ2n) is 7.98. The minimum Gasteiger partial charge on any atom is -0.367 e. The van der Waals surface area contributed by atoms with Gasteiger partial charge in [0.15, 0.2) is 0 Å². The Morgan fingerprint density at radius 2 is 1.58 bits per heavy atom. The van der Waals surface area contributed by atoms with E-state index in [1.165, 1.54) is 0 Å². The lowest BCUT2D eigenvalue weighted by molar-refractivity contribution is -0.117. The topological polar surface area (TPSA) is 56.7 Å². The van der Waals surface area contributed by atoms with Crippen molar-refractivity contribution < 1.29 is 4.79 Å². The summed E-state index contributed by atoms with van der Waals surface area (Å²) in [7, 11) is 0. The van der Waals surface area contributed by atoms with E-state index < -0.39 is 6.04 Å². The Morgan fingerprint density at radius 3 is 2.32 bits per heavy atom. The molecule has 156 valence electrons. The Bertz CT molecular complexity index is 1090. The molecule has 1 atom stereocenters. The number of benzodiazepines with no additional fused rings is 1. The van der Waals surface area contributed by atoms with Crippen LogP contribution in [0.25, 0.3) is 0 Å². The van der Waals surface area contributed by atoms with E-state index in [-0.39, 0.29) is 5.91 Å². The molecule has 1 amide bonds. The van der Waals surface area contributed by atoms with E-state index in [2.05, 4.69) is 58.0 Å². The van der Waals surface area contributed by atoms with Crippen LogP contribution in [-0.4, -0.2) is 43.8 Å². The molecule has 1 fully saturated rings. The summed E-state index contributed by atoms with van der Waals surface area (Å²) in [5, 5.41) is 6.64. The number of carbonyl (C=O) groups excluding carboxylic acids is 1. The number of piperazine rings is 1. The molecule has 31 heavy (non-hydrogen) atoms. The quantitative estimate of drug-likeness (QED) is 0.692. The van der Waals surface area contributed by atoms with Crippen LogP contribution < -0.4 is 15.5 Å². The maximum atomic E-state index is 13.3. The molecule has 0 saturated carbocycles. The zero-order chi connectivity index (χ0) is 21.0. The van der Waals surface area contributed by atoms with E-state index in [0.717, 1.165) is 60.0 Å². The zero-order valence-corrected chi connectivity index (χ0v) is 17.4. The van der Waals surface area contributed by atoms with Gasteiger partial charge in [-0.3, -0.25) is 9.79 Å². The van der Waals surface area contributed by atoms with Crippen molar-refractivity contribution in [3.8, 4) is 0 Å². The molecule has 0 unspecified atom stereocenters. The fourth-order valence-corrected chi connectivity index (χ4v) is 4.33. The van der Waals surface area contributed by atoms with E-state index >= 15 is 0 Å². The highest BCUT2D eigenvalue weighted by Gasteiger charge is 2.29. The summed E-state index contributed by atoms with van der Waals surface area (Å²) < 4.78 is 0. The van der Waals surface area contributed by atoms with Gasteiger partial charge in [0.25, 0.3) is 0 Å². The average molecular weight is 411 g/mol. The number of para-hydroxylation sites is 1. The molecule has 0 radical (unpaired) electrons. The van der Waals surface area contributed by atoms with E-state index in [1.807, 2.05) is 36.4 Å². The first kappa shape index (κ1) is 19.5. The SMILES string of the molecule is O=C1Nc2c(cccc2N2CCNCC2)C(c2ccccc2)=N[C@@H]1Cc1ccccc1. The standard InChI is InChI=1S/C26H26N4O/c31-26-22(18-19-8-3-1-4-9-19)28-24(20-10-5-2-6-11-20)21-12-7-13-23(25(21)29-26)30-16-14-27-15-17-30/h1-13,22,27H,14-18H2,(H,29,31)/t22-/m1/s1. The van der Waals surface area contributed by atoms with Gasteiger partial charge in [-0.1, -0.05) is 72.8 Å². The number of aliphatic imine (C=N–C) groups is 1. The van der Waals surface area contributed by atoms with Crippen molar-refractivity contribution in [2.75, 3.05) is 36.4 Å². The summed E-state index contributed by atoms with van der Waals surface area (Å²) >= 11 is 0. The molecule has 1 saturated heterocycles. The second kappa shape index (κ2) is 8.74. The highest BCUT2D eigenvalue weighted by Crippen LogP contribution is 2.34. The number of hydrogen-bond acceptors (Lipinski definition) is 4. The summed E-state index contributed by atoms with van der Waals surface area (Å²) in [6.45, 7) is 3.71. The molecule has 0 spiro atoms. The minimum atomic E-state index is -0.485. The molecule has 2 aliphatic heterocycles. The smallest absolute Gasteiger partial charge is 0.249 e. The molecule has 3 aromatic rings. The van der Waals surface area contributed by atoms with Crippen molar-refractivity contribution >= 4 is 23.0 Å². The fourth-order valence-electron chi connectivity index (χ4n) is 4.33. The van der Waals surface area contributed by atoms with Gasteiger partial charge in [-0.05, 0) is 11.6 Å². The van der Waals surface area contributed by atoms with Crippen molar-refractivity contribution in [1.82, 2.24) is 5.32 Å². The van der Waals surface area contributed by atoms with Crippen molar-refractivity contribution in [3.63, 3.8) is 0 Å². The second-order valence-corrected chi connectivity index (χ2v) is 7.98. The molecule has 5 nitrogen and oxygen atoms in total. The predicted octanol–water partition coefficient (Wildman–Crippen LogP) is 3.50. The Balaban J connectivity index is 1.61. The van der Waals surface area contributed by atoms with Crippen LogP contribution in [0, 0.1) is 0 Å². The van der Waals surface area contributed by atoms with Crippen LogP contribution in [0.2, 0.25) is 0 Å². The molecule has 2 heterocycles. The van der Waals surface area contributed by atoms with E-state index in [9.17, 15) is 4.79 Å². The lowest BCUT2D eigenvalue weighted by Gasteiger charge is -2.31. The first-order chi connectivity index (χ1) is 15.3. The Labute approximate surface area is 182 Å². The van der Waals surface area contributed by atoms with Gasteiger partial charge in [-0.15, -0.1) is 0 Å². The Morgan fingerprint density at radius 1 is 0.871 bits per heavy atom. The number of nitrogens with zero attached hydrogens (tertiary/aromatic N) is 2. The van der Waals surface area contributed by atoms with E-state index in [0.29, 0.717) is 6.42 Å². The maximum Gasteiger partial charge on any atom is 0.249 e. The van der Waals surface area contributed by atoms with Crippen LogP contribution in [0.1, 0.15) is 16.7 Å². The summed E-state index contributed by atoms with van der Waals surface area (Å²) in [6, 6.07) is 26.0. The third-order valence-corrected chi connectivity index (χ3v) is 5.91. The number of anilines is 2. The largest absolute Gasteiger partial charge is 0.367 e. The molecule has 0 aliphatic carbocycles. The van der Waals surface area contributed by atoms with Gasteiger partial charge in [-0.25, -0.2) is 0 Å². The number of benzene rings is 3. The predicted molar refractivity (Wildman–Crippen MR) is 126 cm³/mol. The fraction of sp³-hybridized carbons (Fsp3) is 0.231. The lowest BCUT2D eigenvalue weighted by Crippen LogP contribution is -2.44. The normalized spacial score (nSPS) is 18.6. The third-order valence-electron chi connectivity index (χ3n) is 5.91. The highest BCUT2D eigenvalue weighted by molar-refractivity contribution is 6.21. The van der Waals surface area contributed by atoms with Crippen LogP contribution in [0.5, 0.6) is 0 Å². The molecule has 2 N–H and O–H groups in total. The Hall–Kier alpha value is -3.44. The van der Waals surface area contributed by atoms with Crippen LogP contribution in [0.3, 0.4) is 0 Å². The molecular formula is C26H26N4O. The molecule has 0 aromatic heterocycles. The molecule has 2 aliphatic rings. The molecule has 0 bridgehead atoms. The molecule has 3 aromatic carbocycles. The summed E-state index contributed by atoms with van der Waals surface area (Å²) in [5.74, 6) is -0.0568. The number of amides is 1. The number of carbonyl (C=O) groups is 1. The lowest BCUT2D eigenvalue weighted by atomic mass is 9.99. The van der Waals surface area contributed by atoms with Crippen LogP contribution in [0.15, 0.2) is 83.9 Å². The van der Waals surface area contributed by atoms with Crippen LogP contribution in [0.4, 0.5) is 11.4 Å². The van der Waals surface area contributed by atoms with Crippen LogP contribution in [-0.2, 0) is 11.2 Å². The third kappa shape index (κ3) is 4.09. The maximum absolute atomic E-state index is 13.3.